The van der Waals surface area contributed by atoms with Crippen molar-refractivity contribution in [1.29, 1.82) is 0 Å². The second-order valence-electron chi connectivity index (χ2n) is 5.34. The van der Waals surface area contributed by atoms with Crippen LogP contribution in [0.5, 0.6) is 11.5 Å². The Morgan fingerprint density at radius 2 is 1.19 bits per heavy atom. The number of benzene rings is 1. The Morgan fingerprint density at radius 3 is 1.76 bits per heavy atom. The molecule has 21 heavy (non-hydrogen) atoms. The van der Waals surface area contributed by atoms with Crippen LogP contribution in [0, 0.1) is 10.7 Å². The number of phenolic OH excluding ortho intramolecular Hbond substituents is 2. The van der Waals surface area contributed by atoms with E-state index in [1.807, 2.05) is 0 Å². The Kier molecular flexibility index (Phi) is 10.2. The molecule has 1 aromatic carbocycles. The Bertz CT molecular complexity index is 432. The summed E-state index contributed by atoms with van der Waals surface area (Å²) in [4.78, 5) is 0. The van der Waals surface area contributed by atoms with Gasteiger partial charge in [-0.05, 0) is 80.6 Å². The quantitative estimate of drug-likeness (QED) is 0.140. The molecule has 0 aliphatic heterocycles. The van der Waals surface area contributed by atoms with Crippen LogP contribution >= 0.6 is 67.8 Å². The Balaban J connectivity index is 2.43. The van der Waals surface area contributed by atoms with Crippen molar-refractivity contribution in [2.75, 3.05) is 0 Å². The molecule has 1 aromatic rings. The molecular formula is C16H23I3O2. The number of rotatable bonds is 9. The molecule has 0 aromatic heterocycles. The fourth-order valence-corrected chi connectivity index (χ4v) is 4.76. The van der Waals surface area contributed by atoms with Crippen LogP contribution in [0.2, 0.25) is 0 Å². The lowest BCUT2D eigenvalue weighted by molar-refractivity contribution is 0.395. The summed E-state index contributed by atoms with van der Waals surface area (Å²) in [6.07, 6.45) is 11.1. The SMILES string of the molecule is CCCCCCCCCCc1c(O)c(O)c(I)c(I)c1I. The van der Waals surface area contributed by atoms with Gasteiger partial charge in [0.25, 0.3) is 0 Å². The molecule has 2 nitrogen and oxygen atoms in total. The maximum absolute atomic E-state index is 10.1. The summed E-state index contributed by atoms with van der Waals surface area (Å²) < 4.78 is 2.87. The van der Waals surface area contributed by atoms with Gasteiger partial charge in [0.2, 0.25) is 0 Å². The van der Waals surface area contributed by atoms with Crippen LogP contribution in [0.1, 0.15) is 63.9 Å². The Labute approximate surface area is 168 Å². The lowest BCUT2D eigenvalue weighted by Gasteiger charge is -2.13. The Morgan fingerprint density at radius 1 is 0.667 bits per heavy atom. The van der Waals surface area contributed by atoms with E-state index in [0.29, 0.717) is 0 Å². The largest absolute Gasteiger partial charge is 0.504 e. The number of hydrogen-bond donors (Lipinski definition) is 2. The molecule has 0 aliphatic carbocycles. The summed E-state index contributed by atoms with van der Waals surface area (Å²) in [5, 5.41) is 20.1. The molecular weight excluding hydrogens is 605 g/mol. The number of hydrogen-bond acceptors (Lipinski definition) is 2. The van der Waals surface area contributed by atoms with Crippen LogP contribution in [0.25, 0.3) is 0 Å². The van der Waals surface area contributed by atoms with E-state index in [2.05, 4.69) is 74.7 Å². The van der Waals surface area contributed by atoms with Gasteiger partial charge in [-0.15, -0.1) is 0 Å². The van der Waals surface area contributed by atoms with Crippen molar-refractivity contribution in [3.63, 3.8) is 0 Å². The molecule has 0 spiro atoms. The molecule has 2 N–H and O–H groups in total. The monoisotopic (exact) mass is 628 g/mol. The smallest absolute Gasteiger partial charge is 0.172 e. The minimum Gasteiger partial charge on any atom is -0.504 e. The van der Waals surface area contributed by atoms with Crippen LogP contribution in [0.3, 0.4) is 0 Å². The normalized spacial score (nSPS) is 11.0. The molecule has 5 heteroatoms. The highest BCUT2D eigenvalue weighted by Gasteiger charge is 2.18. The molecule has 1 rings (SSSR count). The average Bonchev–Trinajstić information content (AvgIpc) is 2.49. The zero-order valence-electron chi connectivity index (χ0n) is 12.4. The molecule has 0 saturated heterocycles. The lowest BCUT2D eigenvalue weighted by Crippen LogP contribution is -1.97. The van der Waals surface area contributed by atoms with Crippen molar-refractivity contribution < 1.29 is 10.2 Å². The first kappa shape index (κ1) is 20.1. The maximum Gasteiger partial charge on any atom is 0.172 e. The van der Waals surface area contributed by atoms with E-state index in [4.69, 9.17) is 0 Å². The first-order chi connectivity index (χ1) is 10.0. The van der Waals surface area contributed by atoms with Crippen LogP contribution < -0.4 is 0 Å². The number of halogens is 3. The standard InChI is InChI=1S/C16H23I3O2/c1-2-3-4-5-6-7-8-9-10-11-12(17)13(18)14(19)16(21)15(11)20/h20-21H,2-10H2,1H3. The molecule has 0 fully saturated rings. The third-order valence-electron chi connectivity index (χ3n) is 3.65. The minimum atomic E-state index is 0.0370. The van der Waals surface area contributed by atoms with Crippen molar-refractivity contribution in [1.82, 2.24) is 0 Å². The third kappa shape index (κ3) is 6.19. The summed E-state index contributed by atoms with van der Waals surface area (Å²) in [6.45, 7) is 2.24. The fraction of sp³-hybridized carbons (Fsp3) is 0.625. The molecule has 0 radical (unpaired) electrons. The predicted molar refractivity (Wildman–Crippen MR) is 114 cm³/mol. The summed E-state index contributed by atoms with van der Waals surface area (Å²) in [5.74, 6) is 0.113. The third-order valence-corrected chi connectivity index (χ3v) is 9.03. The van der Waals surface area contributed by atoms with E-state index in [0.717, 1.165) is 29.1 Å². The fourth-order valence-electron chi connectivity index (χ4n) is 2.35. The lowest BCUT2D eigenvalue weighted by atomic mass is 10.0. The van der Waals surface area contributed by atoms with E-state index < -0.39 is 0 Å². The predicted octanol–water partition coefficient (Wildman–Crippen LogP) is 6.59. The summed E-state index contributed by atoms with van der Waals surface area (Å²) in [5.41, 5.74) is 0.906. The van der Waals surface area contributed by atoms with Crippen molar-refractivity contribution in [2.24, 2.45) is 0 Å². The Hall–Kier alpha value is 1.01. The highest BCUT2D eigenvalue weighted by molar-refractivity contribution is 14.1. The highest BCUT2D eigenvalue weighted by Crippen LogP contribution is 2.41. The average molecular weight is 628 g/mol. The van der Waals surface area contributed by atoms with Crippen molar-refractivity contribution >= 4 is 67.8 Å². The van der Waals surface area contributed by atoms with Gasteiger partial charge in [0.15, 0.2) is 11.5 Å². The van der Waals surface area contributed by atoms with Gasteiger partial charge in [-0.3, -0.25) is 0 Å². The van der Waals surface area contributed by atoms with Gasteiger partial charge >= 0.3 is 0 Å². The molecule has 0 amide bonds. The van der Waals surface area contributed by atoms with Gasteiger partial charge in [0.05, 0.1) is 3.57 Å². The zero-order chi connectivity index (χ0) is 15.8. The van der Waals surface area contributed by atoms with E-state index in [9.17, 15) is 10.2 Å². The molecule has 0 atom stereocenters. The number of phenols is 2. The van der Waals surface area contributed by atoms with Crippen LogP contribution in [0.15, 0.2) is 0 Å². The van der Waals surface area contributed by atoms with E-state index in [-0.39, 0.29) is 11.5 Å². The minimum absolute atomic E-state index is 0.0370. The van der Waals surface area contributed by atoms with Gasteiger partial charge in [-0.25, -0.2) is 0 Å². The van der Waals surface area contributed by atoms with Gasteiger partial charge in [-0.1, -0.05) is 51.9 Å². The zero-order valence-corrected chi connectivity index (χ0v) is 18.9. The molecule has 120 valence electrons. The number of aromatic hydroxyl groups is 2. The highest BCUT2D eigenvalue weighted by atomic mass is 127. The van der Waals surface area contributed by atoms with Crippen molar-refractivity contribution in [3.8, 4) is 11.5 Å². The van der Waals surface area contributed by atoms with Gasteiger partial charge in [0, 0.05) is 12.7 Å². The molecule has 0 bridgehead atoms. The summed E-state index contributed by atoms with van der Waals surface area (Å²) in [7, 11) is 0. The van der Waals surface area contributed by atoms with E-state index >= 15 is 0 Å². The molecule has 0 unspecified atom stereocenters. The summed E-state index contributed by atoms with van der Waals surface area (Å²) >= 11 is 6.59. The van der Waals surface area contributed by atoms with Crippen molar-refractivity contribution in [2.45, 2.75) is 64.7 Å². The van der Waals surface area contributed by atoms with Crippen LogP contribution in [0.4, 0.5) is 0 Å². The molecule has 0 heterocycles. The van der Waals surface area contributed by atoms with E-state index in [1.165, 1.54) is 44.9 Å². The van der Waals surface area contributed by atoms with Gasteiger partial charge in [0.1, 0.15) is 0 Å². The number of unbranched alkanes of at least 4 members (excludes halogenated alkanes) is 7. The second-order valence-corrected chi connectivity index (χ2v) is 8.58. The topological polar surface area (TPSA) is 40.5 Å². The summed E-state index contributed by atoms with van der Waals surface area (Å²) in [6, 6.07) is 0. The molecule has 0 aliphatic rings. The first-order valence-electron chi connectivity index (χ1n) is 7.57. The van der Waals surface area contributed by atoms with Gasteiger partial charge in [-0.2, -0.15) is 0 Å². The van der Waals surface area contributed by atoms with E-state index in [1.54, 1.807) is 0 Å². The van der Waals surface area contributed by atoms with Crippen LogP contribution in [-0.2, 0) is 6.42 Å². The second kappa shape index (κ2) is 10.7. The molecule has 0 saturated carbocycles. The van der Waals surface area contributed by atoms with Gasteiger partial charge < -0.3 is 10.2 Å². The van der Waals surface area contributed by atoms with Crippen LogP contribution in [-0.4, -0.2) is 10.2 Å². The van der Waals surface area contributed by atoms with Crippen molar-refractivity contribution in [3.05, 3.63) is 16.3 Å². The first-order valence-corrected chi connectivity index (χ1v) is 10.8. The maximum atomic E-state index is 10.1.